The van der Waals surface area contributed by atoms with Gasteiger partial charge in [-0.05, 0) is 182 Å². The SMILES string of the molecule is c1ccc(-c2ccc(-n3c4ccc5ccccc5c4c4c5c6ccccc6n(-c6nc(-c7ccccc7)c7ccccc7n6)c5ccc43)cc2)cc1.c1ccc(-c2cccc(-n3c4ccc5ccccc5c4c4c5c6ccccc6n(-c6nc(-c7ccccc7)c7ccccc7n6)c5ccc43)c2)cc1.c1ccc(-c2nc(-n3c4ccccc4c4c5c6c7ccccc7ccc6n(-c6ccccc6)c5ccc43)nc3ccccc23)cc1. The van der Waals surface area contributed by atoms with Gasteiger partial charge in [0.15, 0.2) is 0 Å². The van der Waals surface area contributed by atoms with Gasteiger partial charge < -0.3 is 13.7 Å². The van der Waals surface area contributed by atoms with Crippen LogP contribution >= 0.6 is 0 Å². The van der Waals surface area contributed by atoms with E-state index in [4.69, 9.17) is 29.9 Å². The Morgan fingerprint density at radius 2 is 0.347 bits per heavy atom. The molecule has 0 saturated carbocycles. The van der Waals surface area contributed by atoms with Gasteiger partial charge in [0.1, 0.15) is 0 Å². The highest BCUT2D eigenvalue weighted by Crippen LogP contribution is 2.51. The van der Waals surface area contributed by atoms with Gasteiger partial charge in [-0.2, -0.15) is 0 Å². The van der Waals surface area contributed by atoms with Crippen LogP contribution in [0, 0.1) is 0 Å². The molecule has 0 aliphatic carbocycles. The zero-order valence-corrected chi connectivity index (χ0v) is 81.0. The maximum Gasteiger partial charge on any atom is 0.235 e. The molecular weight excluding hydrogens is 1830 g/mol. The van der Waals surface area contributed by atoms with Gasteiger partial charge in [0.05, 0.1) is 99.8 Å². The first-order valence-corrected chi connectivity index (χ1v) is 51.0. The zero-order valence-electron chi connectivity index (χ0n) is 81.0. The molecule has 32 rings (SSSR count). The number of aromatic nitrogens is 12. The fourth-order valence-corrected chi connectivity index (χ4v) is 23.9. The van der Waals surface area contributed by atoms with Gasteiger partial charge in [0.2, 0.25) is 17.8 Å². The number of nitrogens with zero attached hydrogens (tertiary/aromatic N) is 12. The fraction of sp³-hybridized carbons (Fsp3) is 0. The standard InChI is InChI=1S/2C48H30N4.C42H26N4/c1-3-14-31(15-4-1)34-19-13-20-35(30-34)51-41-27-26-32-16-7-8-21-36(32)44(41)46-43(51)29-28-42-45(46)38-23-10-12-25-40(38)52(42)48-49-39-24-11-9-22-37(39)47(50-48)33-17-5-2-6-18-33;1-3-13-31(14-4-1)32-23-26-35(27-24-32)51-41-28-25-33-15-7-8-18-36(33)44(41)46-43(51)30-29-42-45(46)38-20-10-12-22-40(38)52(42)48-49-39-21-11-9-19-37(39)47(50-48)34-16-5-2-6-17-34;1-3-14-28(15-4-1)41-31-19-9-11-21-33(31)43-42(44-41)46-34-22-12-10-20-32(34)39-36(46)25-26-37-40(39)38-30-18-8-7-13-27(30)23-24-35(38)45(37)29-16-5-2-6-17-29/h2*1-30H;1-26H. The van der Waals surface area contributed by atoms with E-state index in [1.807, 2.05) is 24.3 Å². The molecule has 0 unspecified atom stereocenters. The highest BCUT2D eigenvalue weighted by molar-refractivity contribution is 6.37. The average Bonchev–Trinajstić information content (AvgIpc) is 1.54. The van der Waals surface area contributed by atoms with E-state index in [-0.39, 0.29) is 0 Å². The molecule has 0 radical (unpaired) electrons. The van der Waals surface area contributed by atoms with E-state index in [0.717, 1.165) is 122 Å². The predicted molar refractivity (Wildman–Crippen MR) is 624 cm³/mol. The van der Waals surface area contributed by atoms with Gasteiger partial charge >= 0.3 is 0 Å². The summed E-state index contributed by atoms with van der Waals surface area (Å²) in [5.41, 5.74) is 30.5. The van der Waals surface area contributed by atoms with E-state index >= 15 is 0 Å². The van der Waals surface area contributed by atoms with Crippen molar-refractivity contribution in [3.8, 4) is 90.9 Å². The molecule has 698 valence electrons. The summed E-state index contributed by atoms with van der Waals surface area (Å²) >= 11 is 0. The molecule has 150 heavy (non-hydrogen) atoms. The quantitative estimate of drug-likeness (QED) is 0.128. The fourth-order valence-electron chi connectivity index (χ4n) is 23.9. The lowest BCUT2D eigenvalue weighted by atomic mass is 10.0. The molecule has 0 bridgehead atoms. The van der Waals surface area contributed by atoms with Crippen molar-refractivity contribution < 1.29 is 0 Å². The molecule has 0 fully saturated rings. The summed E-state index contributed by atoms with van der Waals surface area (Å²) in [6, 6.07) is 185. The number of para-hydroxylation sites is 7. The van der Waals surface area contributed by atoms with Crippen molar-refractivity contribution in [2.75, 3.05) is 0 Å². The van der Waals surface area contributed by atoms with Gasteiger partial charge in [-0.25, -0.2) is 29.9 Å². The van der Waals surface area contributed by atoms with Crippen LogP contribution in [0.1, 0.15) is 0 Å². The first kappa shape index (κ1) is 85.3. The van der Waals surface area contributed by atoms with Crippen LogP contribution in [-0.2, 0) is 0 Å². The summed E-state index contributed by atoms with van der Waals surface area (Å²) in [6.45, 7) is 0. The van der Waals surface area contributed by atoms with Crippen LogP contribution in [0.25, 0.3) is 287 Å². The second kappa shape index (κ2) is 34.7. The molecule has 0 N–H and O–H groups in total. The summed E-state index contributed by atoms with van der Waals surface area (Å²) in [5, 5.41) is 25.1. The molecule has 12 nitrogen and oxygen atoms in total. The maximum absolute atomic E-state index is 5.34. The second-order valence-corrected chi connectivity index (χ2v) is 38.6. The van der Waals surface area contributed by atoms with Crippen LogP contribution in [-0.4, -0.2) is 57.3 Å². The molecule has 0 atom stereocenters. The van der Waals surface area contributed by atoms with Crippen LogP contribution in [0.4, 0.5) is 0 Å². The first-order valence-electron chi connectivity index (χ1n) is 51.0. The minimum atomic E-state index is 0.660. The van der Waals surface area contributed by atoms with Crippen molar-refractivity contribution in [3.63, 3.8) is 0 Å². The average molecular weight is 1910 g/mol. The molecular formula is C138H86N12. The van der Waals surface area contributed by atoms with E-state index in [1.165, 1.54) is 147 Å². The predicted octanol–water partition coefficient (Wildman–Crippen LogP) is 35.3. The Bertz CT molecular complexity index is 11100. The number of benzene rings is 23. The third-order valence-corrected chi connectivity index (χ3v) is 30.3. The molecule has 0 aliphatic rings. The molecule has 9 aromatic heterocycles. The number of fused-ring (bicyclic) bond motifs is 30. The molecule has 0 aliphatic heterocycles. The third-order valence-electron chi connectivity index (χ3n) is 30.3. The van der Waals surface area contributed by atoms with Gasteiger partial charge in [-0.15, -0.1) is 0 Å². The largest absolute Gasteiger partial charge is 0.309 e. The monoisotopic (exact) mass is 1910 g/mol. The number of rotatable bonds is 11. The summed E-state index contributed by atoms with van der Waals surface area (Å²) in [4.78, 5) is 31.6. The van der Waals surface area contributed by atoms with Gasteiger partial charge in [-0.1, -0.05) is 394 Å². The van der Waals surface area contributed by atoms with E-state index in [9.17, 15) is 0 Å². The third kappa shape index (κ3) is 13.6. The minimum absolute atomic E-state index is 0.660. The van der Waals surface area contributed by atoms with Crippen LogP contribution in [0.15, 0.2) is 522 Å². The Balaban J connectivity index is 0.000000104. The molecule has 9 heterocycles. The first-order chi connectivity index (χ1) is 74.5. The summed E-state index contributed by atoms with van der Waals surface area (Å²) in [5.74, 6) is 1.99. The molecule has 32 aromatic rings. The minimum Gasteiger partial charge on any atom is -0.309 e. The molecule has 12 heteroatoms. The molecule has 23 aromatic carbocycles. The number of hydrogen-bond acceptors (Lipinski definition) is 6. The Kier molecular flexibility index (Phi) is 19.7. The Morgan fingerprint density at radius 3 is 0.693 bits per heavy atom. The Hall–Kier alpha value is -20.3. The summed E-state index contributed by atoms with van der Waals surface area (Å²) in [7, 11) is 0. The number of hydrogen-bond donors (Lipinski definition) is 0. The van der Waals surface area contributed by atoms with Crippen LogP contribution in [0.2, 0.25) is 0 Å². The molecule has 0 saturated heterocycles. The van der Waals surface area contributed by atoms with E-state index in [1.54, 1.807) is 0 Å². The van der Waals surface area contributed by atoms with E-state index < -0.39 is 0 Å². The zero-order chi connectivity index (χ0) is 98.5. The summed E-state index contributed by atoms with van der Waals surface area (Å²) in [6.07, 6.45) is 0. The van der Waals surface area contributed by atoms with Gasteiger partial charge in [0, 0.05) is 115 Å². The summed E-state index contributed by atoms with van der Waals surface area (Å²) < 4.78 is 14.0. The maximum atomic E-state index is 5.34. The van der Waals surface area contributed by atoms with E-state index in [2.05, 4.69) is 525 Å². The molecule has 0 amide bonds. The lowest BCUT2D eigenvalue weighted by molar-refractivity contribution is 1.01. The van der Waals surface area contributed by atoms with Gasteiger partial charge in [0.25, 0.3) is 0 Å². The highest BCUT2D eigenvalue weighted by atomic mass is 15.2. The Labute approximate surface area is 859 Å². The van der Waals surface area contributed by atoms with Crippen molar-refractivity contribution in [2.24, 2.45) is 0 Å². The Morgan fingerprint density at radius 1 is 0.120 bits per heavy atom. The molecule has 0 spiro atoms. The van der Waals surface area contributed by atoms with Crippen molar-refractivity contribution in [2.45, 2.75) is 0 Å². The van der Waals surface area contributed by atoms with Crippen molar-refractivity contribution in [1.29, 1.82) is 0 Å². The lowest BCUT2D eigenvalue weighted by Gasteiger charge is -2.12. The van der Waals surface area contributed by atoms with Crippen LogP contribution < -0.4 is 0 Å². The second-order valence-electron chi connectivity index (χ2n) is 38.6. The van der Waals surface area contributed by atoms with Crippen molar-refractivity contribution in [1.82, 2.24) is 57.3 Å². The van der Waals surface area contributed by atoms with Crippen molar-refractivity contribution >= 4 is 196 Å². The van der Waals surface area contributed by atoms with E-state index in [0.29, 0.717) is 17.8 Å². The van der Waals surface area contributed by atoms with Crippen LogP contribution in [0.3, 0.4) is 0 Å². The highest BCUT2D eigenvalue weighted by Gasteiger charge is 2.30. The smallest absolute Gasteiger partial charge is 0.235 e. The van der Waals surface area contributed by atoms with Gasteiger partial charge in [-0.3, -0.25) is 13.7 Å². The lowest BCUT2D eigenvalue weighted by Crippen LogP contribution is -2.03. The normalized spacial score (nSPS) is 11.9. The van der Waals surface area contributed by atoms with Crippen molar-refractivity contribution in [3.05, 3.63) is 522 Å². The van der Waals surface area contributed by atoms with Crippen LogP contribution in [0.5, 0.6) is 0 Å². The topological polar surface area (TPSA) is 107 Å².